The van der Waals surface area contributed by atoms with Gasteiger partial charge in [-0.3, -0.25) is 4.79 Å². The molecule has 0 aliphatic carbocycles. The molecule has 172 valence electrons. The summed E-state index contributed by atoms with van der Waals surface area (Å²) in [6, 6.07) is 25.2. The number of aromatic nitrogens is 2. The summed E-state index contributed by atoms with van der Waals surface area (Å²) < 4.78 is 5.89. The highest BCUT2D eigenvalue weighted by Gasteiger charge is 2.36. The molecule has 2 unspecified atom stereocenters. The molecule has 2 aliphatic rings. The maximum absolute atomic E-state index is 11.8. The zero-order chi connectivity index (χ0) is 22.9. The monoisotopic (exact) mass is 453 g/mol. The number of benzene rings is 3. The molecule has 2 fully saturated rings. The molecule has 2 saturated heterocycles. The Morgan fingerprint density at radius 2 is 1.62 bits per heavy atom. The summed E-state index contributed by atoms with van der Waals surface area (Å²) in [5.41, 5.74) is 6.43. The Bertz CT molecular complexity index is 1280. The second-order valence-electron chi connectivity index (χ2n) is 8.79. The lowest BCUT2D eigenvalue weighted by molar-refractivity contribution is -0.115. The fourth-order valence-electron chi connectivity index (χ4n) is 5.09. The Hall–Kier alpha value is -3.84. The number of rotatable bonds is 5. The molecule has 7 heteroatoms. The summed E-state index contributed by atoms with van der Waals surface area (Å²) in [5, 5.41) is 0. The van der Waals surface area contributed by atoms with E-state index >= 15 is 0 Å². The summed E-state index contributed by atoms with van der Waals surface area (Å²) in [6.07, 6.45) is 1.96. The molecule has 1 N–H and O–H groups in total. The van der Waals surface area contributed by atoms with Crippen molar-refractivity contribution < 1.29 is 9.53 Å². The summed E-state index contributed by atoms with van der Waals surface area (Å²) in [7, 11) is 0. The van der Waals surface area contributed by atoms with Gasteiger partial charge in [0.1, 0.15) is 0 Å². The largest absolute Gasteiger partial charge is 0.368 e. The number of para-hydroxylation sites is 1. The molecular formula is C27H27N5O2. The Labute approximate surface area is 198 Å². The zero-order valence-electron chi connectivity index (χ0n) is 18.9. The number of hydrogen-bond donors (Lipinski definition) is 1. The first-order valence-corrected chi connectivity index (χ1v) is 11.7. The number of carbonyl (C=O) groups is 1. The van der Waals surface area contributed by atoms with E-state index in [0.29, 0.717) is 6.61 Å². The third kappa shape index (κ3) is 3.78. The van der Waals surface area contributed by atoms with Crippen LogP contribution < -0.4 is 14.7 Å². The smallest absolute Gasteiger partial charge is 0.187 e. The average molecular weight is 454 g/mol. The number of H-pyrrole nitrogens is 1. The molecule has 1 aromatic heterocycles. The molecule has 34 heavy (non-hydrogen) atoms. The molecule has 0 saturated carbocycles. The number of aldehydes is 1. The molecule has 0 bridgehead atoms. The van der Waals surface area contributed by atoms with Gasteiger partial charge in [-0.25, -0.2) is 4.98 Å². The second kappa shape index (κ2) is 8.83. The van der Waals surface area contributed by atoms with Crippen molar-refractivity contribution in [3.8, 4) is 0 Å². The van der Waals surface area contributed by atoms with Crippen LogP contribution in [0.4, 0.5) is 17.1 Å². The lowest BCUT2D eigenvalue weighted by atomic mass is 10.0. The zero-order valence-corrected chi connectivity index (χ0v) is 18.9. The number of carbonyl (C=O) groups excluding carboxylic acids is 1. The first-order valence-electron chi connectivity index (χ1n) is 11.7. The minimum absolute atomic E-state index is 0.0406. The van der Waals surface area contributed by atoms with E-state index in [1.54, 1.807) is 6.33 Å². The summed E-state index contributed by atoms with van der Waals surface area (Å²) in [6.45, 7) is 4.39. The van der Waals surface area contributed by atoms with Crippen LogP contribution in [-0.4, -0.2) is 55.3 Å². The Morgan fingerprint density at radius 1 is 0.853 bits per heavy atom. The maximum atomic E-state index is 11.8. The predicted octanol–water partition coefficient (Wildman–Crippen LogP) is 3.99. The van der Waals surface area contributed by atoms with Crippen molar-refractivity contribution in [1.82, 2.24) is 9.97 Å². The SMILES string of the molecule is O=CC1OCC(c2cccc(N3CCN(c4ccccc4)CC3)c2)N1c1ccc2nc[nH]c2c1. The number of hydrogen-bond acceptors (Lipinski definition) is 6. The van der Waals surface area contributed by atoms with Gasteiger partial charge in [-0.05, 0) is 48.0 Å². The second-order valence-corrected chi connectivity index (χ2v) is 8.79. The lowest BCUT2D eigenvalue weighted by Gasteiger charge is -2.37. The van der Waals surface area contributed by atoms with Crippen LogP contribution >= 0.6 is 0 Å². The van der Waals surface area contributed by atoms with Gasteiger partial charge in [0, 0.05) is 43.2 Å². The van der Waals surface area contributed by atoms with Crippen LogP contribution in [0.15, 0.2) is 79.1 Å². The maximum Gasteiger partial charge on any atom is 0.187 e. The molecule has 7 nitrogen and oxygen atoms in total. The molecular weight excluding hydrogens is 426 g/mol. The van der Waals surface area contributed by atoms with Crippen molar-refractivity contribution in [2.75, 3.05) is 47.5 Å². The molecule has 4 aromatic rings. The lowest BCUT2D eigenvalue weighted by Crippen LogP contribution is -2.46. The summed E-state index contributed by atoms with van der Waals surface area (Å²) in [5.74, 6) is 0. The standard InChI is InChI=1S/C27H27N5O2/c33-17-27-32(23-9-10-24-25(16-23)29-19-28-24)26(18-34-27)20-5-4-8-22(15-20)31-13-11-30(12-14-31)21-6-2-1-3-7-21/h1-10,15-17,19,26-27H,11-14,18H2,(H,28,29). The summed E-state index contributed by atoms with van der Waals surface area (Å²) >= 11 is 0. The van der Waals surface area contributed by atoms with Crippen LogP contribution in [0, 0.1) is 0 Å². The fourth-order valence-corrected chi connectivity index (χ4v) is 5.09. The average Bonchev–Trinajstić information content (AvgIpc) is 3.56. The van der Waals surface area contributed by atoms with Gasteiger partial charge < -0.3 is 24.4 Å². The normalized spacial score (nSPS) is 20.8. The van der Waals surface area contributed by atoms with Crippen molar-refractivity contribution in [2.24, 2.45) is 0 Å². The Kier molecular flexibility index (Phi) is 5.39. The molecule has 2 atom stereocenters. The highest BCUT2D eigenvalue weighted by molar-refractivity contribution is 5.80. The number of nitrogens with zero attached hydrogens (tertiary/aromatic N) is 4. The van der Waals surface area contributed by atoms with Gasteiger partial charge in [0.05, 0.1) is 30.0 Å². The van der Waals surface area contributed by atoms with Crippen LogP contribution in [0.1, 0.15) is 11.6 Å². The first-order chi connectivity index (χ1) is 16.8. The Balaban J connectivity index is 1.24. The van der Waals surface area contributed by atoms with E-state index in [1.165, 1.54) is 11.4 Å². The number of piperazine rings is 1. The van der Waals surface area contributed by atoms with Crippen LogP contribution in [0.5, 0.6) is 0 Å². The minimum Gasteiger partial charge on any atom is -0.368 e. The summed E-state index contributed by atoms with van der Waals surface area (Å²) in [4.78, 5) is 26.3. The van der Waals surface area contributed by atoms with Gasteiger partial charge in [-0.1, -0.05) is 30.3 Å². The van der Waals surface area contributed by atoms with E-state index in [-0.39, 0.29) is 6.04 Å². The van der Waals surface area contributed by atoms with Crippen molar-refractivity contribution in [3.05, 3.63) is 84.7 Å². The van der Waals surface area contributed by atoms with E-state index in [0.717, 1.165) is 54.7 Å². The molecule has 0 amide bonds. The third-order valence-corrected chi connectivity index (χ3v) is 6.87. The van der Waals surface area contributed by atoms with Crippen LogP contribution in [0.25, 0.3) is 11.0 Å². The molecule has 0 spiro atoms. The van der Waals surface area contributed by atoms with Crippen molar-refractivity contribution in [2.45, 2.75) is 12.3 Å². The molecule has 3 heterocycles. The quantitative estimate of drug-likeness (QED) is 0.461. The van der Waals surface area contributed by atoms with E-state index in [4.69, 9.17) is 4.74 Å². The van der Waals surface area contributed by atoms with Gasteiger partial charge in [0.15, 0.2) is 12.5 Å². The van der Waals surface area contributed by atoms with Gasteiger partial charge >= 0.3 is 0 Å². The van der Waals surface area contributed by atoms with Crippen molar-refractivity contribution in [1.29, 1.82) is 0 Å². The van der Waals surface area contributed by atoms with Gasteiger partial charge in [0.2, 0.25) is 0 Å². The van der Waals surface area contributed by atoms with Gasteiger partial charge in [-0.15, -0.1) is 0 Å². The number of fused-ring (bicyclic) bond motifs is 1. The molecule has 2 aliphatic heterocycles. The predicted molar refractivity (Wildman–Crippen MR) is 134 cm³/mol. The van der Waals surface area contributed by atoms with Crippen molar-refractivity contribution >= 4 is 34.4 Å². The van der Waals surface area contributed by atoms with E-state index < -0.39 is 6.23 Å². The van der Waals surface area contributed by atoms with E-state index in [2.05, 4.69) is 79.3 Å². The number of anilines is 3. The highest BCUT2D eigenvalue weighted by Crippen LogP contribution is 2.37. The minimum atomic E-state index is -0.608. The topological polar surface area (TPSA) is 64.7 Å². The van der Waals surface area contributed by atoms with Gasteiger partial charge in [0.25, 0.3) is 0 Å². The van der Waals surface area contributed by atoms with Gasteiger partial charge in [-0.2, -0.15) is 0 Å². The number of aromatic amines is 1. The molecule has 3 aromatic carbocycles. The number of ether oxygens (including phenoxy) is 1. The van der Waals surface area contributed by atoms with E-state index in [9.17, 15) is 4.79 Å². The first kappa shape index (κ1) is 20.7. The van der Waals surface area contributed by atoms with Crippen LogP contribution in [0.3, 0.4) is 0 Å². The molecule has 6 rings (SSSR count). The van der Waals surface area contributed by atoms with Crippen LogP contribution in [-0.2, 0) is 9.53 Å². The number of nitrogens with one attached hydrogen (secondary N) is 1. The third-order valence-electron chi connectivity index (χ3n) is 6.87. The Morgan fingerprint density at radius 3 is 2.41 bits per heavy atom. The number of imidazole rings is 1. The van der Waals surface area contributed by atoms with Crippen molar-refractivity contribution in [3.63, 3.8) is 0 Å². The molecule has 0 radical (unpaired) electrons. The van der Waals surface area contributed by atoms with Crippen LogP contribution in [0.2, 0.25) is 0 Å². The van der Waals surface area contributed by atoms with E-state index in [1.807, 2.05) is 18.2 Å². The fraction of sp³-hybridized carbons (Fsp3) is 0.259. The highest BCUT2D eigenvalue weighted by atomic mass is 16.5.